The average Bonchev–Trinajstić information content (AvgIpc) is 2.72. The minimum atomic E-state index is -0.801. The first-order valence-corrected chi connectivity index (χ1v) is 6.37. The van der Waals surface area contributed by atoms with Crippen LogP contribution in [0.3, 0.4) is 0 Å². The van der Waals surface area contributed by atoms with Crippen molar-refractivity contribution < 1.29 is 19.3 Å². The van der Waals surface area contributed by atoms with Gasteiger partial charge in [0.25, 0.3) is 5.56 Å². The third kappa shape index (κ3) is 1.76. The molecular weight excluding hydrogens is 268 g/mol. The average molecular weight is 284 g/mol. The van der Waals surface area contributed by atoms with Crippen LogP contribution in [-0.2, 0) is 14.2 Å². The second-order valence-corrected chi connectivity index (χ2v) is 4.94. The molecule has 2 N–H and O–H groups in total. The fourth-order valence-corrected chi connectivity index (χ4v) is 2.97. The molecule has 0 radical (unpaired) electrons. The summed E-state index contributed by atoms with van der Waals surface area (Å²) in [5, 5.41) is 9.39. The molecule has 0 aliphatic carbocycles. The van der Waals surface area contributed by atoms with Crippen molar-refractivity contribution in [2.24, 2.45) is 0 Å². The molecule has 110 valence electrons. The number of aromatic amines is 1. The fourth-order valence-electron chi connectivity index (χ4n) is 2.97. The van der Waals surface area contributed by atoms with Gasteiger partial charge in [-0.1, -0.05) is 0 Å². The normalized spacial score (nSPS) is 36.2. The van der Waals surface area contributed by atoms with Crippen molar-refractivity contribution in [3.63, 3.8) is 0 Å². The first kappa shape index (κ1) is 13.5. The Morgan fingerprint density at radius 3 is 2.85 bits per heavy atom. The zero-order chi connectivity index (χ0) is 14.3. The van der Waals surface area contributed by atoms with Crippen molar-refractivity contribution in [1.29, 1.82) is 0 Å². The number of hydrogen-bond donors (Lipinski definition) is 2. The first-order chi connectivity index (χ1) is 9.62. The number of aromatic nitrogens is 2. The number of rotatable bonds is 3. The minimum Gasteiger partial charge on any atom is -0.394 e. The Kier molecular flexibility index (Phi) is 3.25. The number of nitrogens with one attached hydrogen (secondary N) is 1. The molecule has 4 unspecified atom stereocenters. The van der Waals surface area contributed by atoms with E-state index in [2.05, 4.69) is 4.98 Å². The van der Waals surface area contributed by atoms with Gasteiger partial charge in [0.1, 0.15) is 17.8 Å². The minimum absolute atomic E-state index is 0.238. The smallest absolute Gasteiger partial charge is 0.330 e. The highest BCUT2D eigenvalue weighted by Crippen LogP contribution is 2.48. The molecule has 0 aromatic carbocycles. The van der Waals surface area contributed by atoms with Crippen molar-refractivity contribution in [1.82, 2.24) is 9.55 Å². The highest BCUT2D eigenvalue weighted by molar-refractivity contribution is 5.08. The predicted octanol–water partition coefficient (Wildman–Crippen LogP) is -1.40. The van der Waals surface area contributed by atoms with E-state index < -0.39 is 35.3 Å². The van der Waals surface area contributed by atoms with Crippen LogP contribution in [0.2, 0.25) is 0 Å². The predicted molar refractivity (Wildman–Crippen MR) is 66.4 cm³/mol. The molecule has 20 heavy (non-hydrogen) atoms. The van der Waals surface area contributed by atoms with E-state index in [1.54, 1.807) is 0 Å². The summed E-state index contributed by atoms with van der Waals surface area (Å²) in [6, 6.07) is 1.24. The highest BCUT2D eigenvalue weighted by Gasteiger charge is 2.62. The molecule has 2 aliphatic heterocycles. The van der Waals surface area contributed by atoms with Crippen LogP contribution in [0.5, 0.6) is 0 Å². The van der Waals surface area contributed by atoms with Crippen LogP contribution in [0.15, 0.2) is 21.9 Å². The third-order valence-corrected chi connectivity index (χ3v) is 3.94. The van der Waals surface area contributed by atoms with E-state index >= 15 is 0 Å². The topological polar surface area (TPSA) is 103 Å². The van der Waals surface area contributed by atoms with Crippen LogP contribution in [0.4, 0.5) is 0 Å². The Hall–Kier alpha value is -1.48. The monoisotopic (exact) mass is 284 g/mol. The SMILES string of the molecule is COC1C(CO)OC(n2ccc(=O)[nH]c2=O)C12CCO2. The van der Waals surface area contributed by atoms with Gasteiger partial charge < -0.3 is 19.3 Å². The lowest BCUT2D eigenvalue weighted by Crippen LogP contribution is -2.58. The second-order valence-electron chi connectivity index (χ2n) is 4.94. The van der Waals surface area contributed by atoms with Crippen molar-refractivity contribution in [2.45, 2.75) is 30.5 Å². The lowest BCUT2D eigenvalue weighted by Gasteiger charge is -2.45. The molecule has 1 aromatic rings. The molecule has 8 heteroatoms. The largest absolute Gasteiger partial charge is 0.394 e. The van der Waals surface area contributed by atoms with Crippen molar-refractivity contribution >= 4 is 0 Å². The standard InChI is InChI=1S/C12H16N2O6/c1-18-9-7(6-15)20-10(12(9)3-5-19-12)14-4-2-8(16)13-11(14)17/h2,4,7,9-10,15H,3,5-6H2,1H3,(H,13,16,17). The van der Waals surface area contributed by atoms with E-state index in [-0.39, 0.29) is 6.61 Å². The van der Waals surface area contributed by atoms with Gasteiger partial charge in [0, 0.05) is 25.8 Å². The molecule has 2 saturated heterocycles. The Morgan fingerprint density at radius 2 is 2.35 bits per heavy atom. The van der Waals surface area contributed by atoms with Crippen molar-refractivity contribution in [3.8, 4) is 0 Å². The molecule has 0 saturated carbocycles. The quantitative estimate of drug-likeness (QED) is 0.707. The first-order valence-electron chi connectivity index (χ1n) is 6.37. The molecule has 0 bridgehead atoms. The van der Waals surface area contributed by atoms with Gasteiger partial charge in [0.2, 0.25) is 0 Å². The lowest BCUT2D eigenvalue weighted by molar-refractivity contribution is -0.231. The highest BCUT2D eigenvalue weighted by atomic mass is 16.6. The number of aliphatic hydroxyl groups is 1. The number of ether oxygens (including phenoxy) is 3. The van der Waals surface area contributed by atoms with Gasteiger partial charge in [-0.15, -0.1) is 0 Å². The maximum atomic E-state index is 11.9. The van der Waals surface area contributed by atoms with E-state index in [4.69, 9.17) is 14.2 Å². The van der Waals surface area contributed by atoms with Crippen molar-refractivity contribution in [2.75, 3.05) is 20.3 Å². The summed E-state index contributed by atoms with van der Waals surface area (Å²) < 4.78 is 18.0. The zero-order valence-electron chi connectivity index (χ0n) is 10.9. The van der Waals surface area contributed by atoms with Crippen LogP contribution >= 0.6 is 0 Å². The number of aliphatic hydroxyl groups excluding tert-OH is 1. The van der Waals surface area contributed by atoms with Gasteiger partial charge in [0.05, 0.1) is 13.2 Å². The molecule has 0 amide bonds. The van der Waals surface area contributed by atoms with Gasteiger partial charge in [-0.25, -0.2) is 4.79 Å². The molecule has 3 rings (SSSR count). The van der Waals surface area contributed by atoms with E-state index in [0.29, 0.717) is 13.0 Å². The molecule has 3 heterocycles. The molecule has 2 fully saturated rings. The van der Waals surface area contributed by atoms with E-state index in [1.807, 2.05) is 0 Å². The summed E-state index contributed by atoms with van der Waals surface area (Å²) in [5.41, 5.74) is -1.86. The Balaban J connectivity index is 2.04. The Labute approximate surface area is 113 Å². The molecule has 2 aliphatic rings. The Morgan fingerprint density at radius 1 is 1.60 bits per heavy atom. The van der Waals surface area contributed by atoms with Gasteiger partial charge in [0.15, 0.2) is 6.23 Å². The zero-order valence-corrected chi connectivity index (χ0v) is 10.9. The van der Waals surface area contributed by atoms with Gasteiger partial charge in [-0.2, -0.15) is 0 Å². The summed E-state index contributed by atoms with van der Waals surface area (Å²) in [7, 11) is 1.51. The molecule has 1 aromatic heterocycles. The maximum Gasteiger partial charge on any atom is 0.330 e. The van der Waals surface area contributed by atoms with Crippen LogP contribution in [0.25, 0.3) is 0 Å². The van der Waals surface area contributed by atoms with E-state index in [9.17, 15) is 14.7 Å². The van der Waals surface area contributed by atoms with Crippen LogP contribution in [-0.4, -0.2) is 52.8 Å². The number of methoxy groups -OCH3 is 1. The third-order valence-electron chi connectivity index (χ3n) is 3.94. The summed E-state index contributed by atoms with van der Waals surface area (Å²) in [5.74, 6) is 0. The maximum absolute atomic E-state index is 11.9. The lowest BCUT2D eigenvalue weighted by atomic mass is 9.86. The molecular formula is C12H16N2O6. The fraction of sp³-hybridized carbons (Fsp3) is 0.667. The summed E-state index contributed by atoms with van der Waals surface area (Å²) >= 11 is 0. The van der Waals surface area contributed by atoms with Crippen LogP contribution < -0.4 is 11.2 Å². The summed E-state index contributed by atoms with van der Waals surface area (Å²) in [6.45, 7) is 0.300. The van der Waals surface area contributed by atoms with Crippen LogP contribution in [0, 0.1) is 0 Å². The summed E-state index contributed by atoms with van der Waals surface area (Å²) in [4.78, 5) is 25.2. The van der Waals surface area contributed by atoms with Gasteiger partial charge >= 0.3 is 5.69 Å². The van der Waals surface area contributed by atoms with E-state index in [1.165, 1.54) is 23.9 Å². The Bertz CT molecular complexity index is 604. The number of H-pyrrole nitrogens is 1. The summed E-state index contributed by atoms with van der Waals surface area (Å²) in [6.07, 6.45) is 0.233. The van der Waals surface area contributed by atoms with Crippen LogP contribution in [0.1, 0.15) is 12.6 Å². The molecule has 1 spiro atoms. The van der Waals surface area contributed by atoms with Crippen molar-refractivity contribution in [3.05, 3.63) is 33.1 Å². The number of nitrogens with zero attached hydrogens (tertiary/aromatic N) is 1. The number of hydrogen-bond acceptors (Lipinski definition) is 6. The van der Waals surface area contributed by atoms with Gasteiger partial charge in [-0.3, -0.25) is 14.3 Å². The molecule has 8 nitrogen and oxygen atoms in total. The molecule has 4 atom stereocenters. The van der Waals surface area contributed by atoms with E-state index in [0.717, 1.165) is 0 Å². The second kappa shape index (κ2) is 4.81. The van der Waals surface area contributed by atoms with Gasteiger partial charge in [-0.05, 0) is 0 Å².